The molecule has 2 aromatic carbocycles. The van der Waals surface area contributed by atoms with Crippen molar-refractivity contribution in [3.63, 3.8) is 0 Å². The summed E-state index contributed by atoms with van der Waals surface area (Å²) in [6.07, 6.45) is 2.48. The molecule has 0 spiro atoms. The van der Waals surface area contributed by atoms with E-state index in [0.29, 0.717) is 6.54 Å². The van der Waals surface area contributed by atoms with Crippen LogP contribution in [0.15, 0.2) is 77.7 Å². The molecule has 0 aliphatic carbocycles. The summed E-state index contributed by atoms with van der Waals surface area (Å²) in [7, 11) is 1.27. The van der Waals surface area contributed by atoms with Crippen molar-refractivity contribution in [2.75, 3.05) is 7.11 Å². The SMILES string of the molecule is COC(=O)c1cccn(Cc2ccccc2Cc2ccccc2)c1=O. The Kier molecular flexibility index (Phi) is 5.09. The number of hydrogen-bond donors (Lipinski definition) is 0. The van der Waals surface area contributed by atoms with Gasteiger partial charge in [-0.05, 0) is 35.2 Å². The monoisotopic (exact) mass is 333 g/mol. The van der Waals surface area contributed by atoms with Gasteiger partial charge in [0.15, 0.2) is 0 Å². The van der Waals surface area contributed by atoms with Gasteiger partial charge in [0, 0.05) is 6.20 Å². The summed E-state index contributed by atoms with van der Waals surface area (Å²) >= 11 is 0. The number of aromatic nitrogens is 1. The first-order valence-corrected chi connectivity index (χ1v) is 8.07. The number of benzene rings is 2. The van der Waals surface area contributed by atoms with E-state index in [-0.39, 0.29) is 11.1 Å². The van der Waals surface area contributed by atoms with Crippen molar-refractivity contribution >= 4 is 5.97 Å². The van der Waals surface area contributed by atoms with Crippen LogP contribution < -0.4 is 5.56 Å². The van der Waals surface area contributed by atoms with Crippen LogP contribution in [0.2, 0.25) is 0 Å². The lowest BCUT2D eigenvalue weighted by Crippen LogP contribution is -2.27. The van der Waals surface area contributed by atoms with E-state index in [9.17, 15) is 9.59 Å². The Bertz CT molecular complexity index is 929. The van der Waals surface area contributed by atoms with Gasteiger partial charge in [0.05, 0.1) is 13.7 Å². The minimum atomic E-state index is -0.614. The van der Waals surface area contributed by atoms with E-state index in [1.54, 1.807) is 12.3 Å². The summed E-state index contributed by atoms with van der Waals surface area (Å²) in [5.41, 5.74) is 3.12. The molecule has 1 heterocycles. The van der Waals surface area contributed by atoms with Gasteiger partial charge in [0.1, 0.15) is 5.56 Å². The van der Waals surface area contributed by atoms with Gasteiger partial charge < -0.3 is 9.30 Å². The second-order valence-corrected chi connectivity index (χ2v) is 5.78. The summed E-state index contributed by atoms with van der Waals surface area (Å²) in [5.74, 6) is -0.614. The highest BCUT2D eigenvalue weighted by atomic mass is 16.5. The number of esters is 1. The van der Waals surface area contributed by atoms with Crippen LogP contribution in [0, 0.1) is 0 Å². The summed E-state index contributed by atoms with van der Waals surface area (Å²) in [6, 6.07) is 21.4. The first-order chi connectivity index (χ1) is 12.2. The molecule has 0 saturated carbocycles. The fourth-order valence-electron chi connectivity index (χ4n) is 2.81. The van der Waals surface area contributed by atoms with Gasteiger partial charge in [-0.15, -0.1) is 0 Å². The Hall–Kier alpha value is -3.14. The van der Waals surface area contributed by atoms with Crippen molar-refractivity contribution in [3.8, 4) is 0 Å². The molecule has 0 N–H and O–H groups in total. The number of nitrogens with zero attached hydrogens (tertiary/aromatic N) is 1. The molecule has 4 nitrogen and oxygen atoms in total. The highest BCUT2D eigenvalue weighted by Gasteiger charge is 2.13. The fraction of sp³-hybridized carbons (Fsp3) is 0.143. The molecule has 25 heavy (non-hydrogen) atoms. The Morgan fingerprint density at radius 3 is 2.32 bits per heavy atom. The molecule has 1 aromatic heterocycles. The third-order valence-electron chi connectivity index (χ3n) is 4.12. The molecular formula is C21H19NO3. The quantitative estimate of drug-likeness (QED) is 0.673. The number of hydrogen-bond acceptors (Lipinski definition) is 3. The van der Waals surface area contributed by atoms with Crippen LogP contribution in [-0.4, -0.2) is 17.6 Å². The molecule has 0 aliphatic heterocycles. The lowest BCUT2D eigenvalue weighted by Gasteiger charge is -2.12. The minimum absolute atomic E-state index is 0.0468. The highest BCUT2D eigenvalue weighted by molar-refractivity contribution is 5.88. The Labute approximate surface area is 146 Å². The van der Waals surface area contributed by atoms with Crippen molar-refractivity contribution in [1.29, 1.82) is 0 Å². The van der Waals surface area contributed by atoms with E-state index in [1.807, 2.05) is 36.4 Å². The number of methoxy groups -OCH3 is 1. The Morgan fingerprint density at radius 1 is 0.920 bits per heavy atom. The van der Waals surface area contributed by atoms with Gasteiger partial charge in [-0.3, -0.25) is 4.79 Å². The maximum Gasteiger partial charge on any atom is 0.343 e. The molecule has 0 saturated heterocycles. The van der Waals surface area contributed by atoms with Crippen LogP contribution in [0.5, 0.6) is 0 Å². The van der Waals surface area contributed by atoms with Gasteiger partial charge >= 0.3 is 5.97 Å². The molecule has 0 radical (unpaired) electrons. The van der Waals surface area contributed by atoms with Crippen LogP contribution >= 0.6 is 0 Å². The maximum absolute atomic E-state index is 12.5. The third-order valence-corrected chi connectivity index (χ3v) is 4.12. The van der Waals surface area contributed by atoms with E-state index in [0.717, 1.165) is 17.5 Å². The zero-order valence-electron chi connectivity index (χ0n) is 14.0. The predicted octanol–water partition coefficient (Wildman–Crippen LogP) is 3.27. The standard InChI is InChI=1S/C21H19NO3/c1-25-21(24)19-12-7-13-22(20(19)23)15-18-11-6-5-10-17(18)14-16-8-3-2-4-9-16/h2-13H,14-15H2,1H3. The van der Waals surface area contributed by atoms with Gasteiger partial charge in [-0.1, -0.05) is 54.6 Å². The number of pyridine rings is 1. The van der Waals surface area contributed by atoms with Crippen molar-refractivity contribution < 1.29 is 9.53 Å². The number of ether oxygens (including phenoxy) is 1. The summed E-state index contributed by atoms with van der Waals surface area (Å²) in [6.45, 7) is 0.409. The van der Waals surface area contributed by atoms with E-state index in [4.69, 9.17) is 0 Å². The molecule has 3 aromatic rings. The smallest absolute Gasteiger partial charge is 0.343 e. The third kappa shape index (κ3) is 3.86. The average molecular weight is 333 g/mol. The normalized spacial score (nSPS) is 10.4. The topological polar surface area (TPSA) is 48.3 Å². The van der Waals surface area contributed by atoms with Crippen molar-refractivity contribution in [2.24, 2.45) is 0 Å². The maximum atomic E-state index is 12.5. The van der Waals surface area contributed by atoms with Crippen LogP contribution in [0.25, 0.3) is 0 Å². The highest BCUT2D eigenvalue weighted by Crippen LogP contribution is 2.15. The zero-order valence-corrected chi connectivity index (χ0v) is 14.0. The summed E-state index contributed by atoms with van der Waals surface area (Å²) < 4.78 is 6.21. The first-order valence-electron chi connectivity index (χ1n) is 8.07. The molecule has 3 rings (SSSR count). The van der Waals surface area contributed by atoms with Gasteiger partial charge in [0.25, 0.3) is 5.56 Å². The molecule has 0 atom stereocenters. The van der Waals surface area contributed by atoms with Gasteiger partial charge in [0.2, 0.25) is 0 Å². The number of carbonyl (C=O) groups excluding carboxylic acids is 1. The summed E-state index contributed by atoms with van der Waals surface area (Å²) in [5, 5.41) is 0. The Balaban J connectivity index is 1.92. The van der Waals surface area contributed by atoms with E-state index in [1.165, 1.54) is 23.3 Å². The van der Waals surface area contributed by atoms with E-state index >= 15 is 0 Å². The fourth-order valence-corrected chi connectivity index (χ4v) is 2.81. The van der Waals surface area contributed by atoms with Crippen molar-refractivity contribution in [3.05, 3.63) is 106 Å². The molecule has 0 amide bonds. The van der Waals surface area contributed by atoms with E-state index < -0.39 is 5.97 Å². The van der Waals surface area contributed by atoms with Gasteiger partial charge in [-0.2, -0.15) is 0 Å². The predicted molar refractivity (Wildman–Crippen MR) is 96.8 cm³/mol. The number of carbonyl (C=O) groups is 1. The van der Waals surface area contributed by atoms with Crippen LogP contribution in [0.1, 0.15) is 27.0 Å². The second kappa shape index (κ2) is 7.62. The van der Waals surface area contributed by atoms with Crippen molar-refractivity contribution in [2.45, 2.75) is 13.0 Å². The van der Waals surface area contributed by atoms with Crippen LogP contribution in [-0.2, 0) is 17.7 Å². The summed E-state index contributed by atoms with van der Waals surface area (Å²) in [4.78, 5) is 24.2. The van der Waals surface area contributed by atoms with Crippen LogP contribution in [0.3, 0.4) is 0 Å². The molecule has 126 valence electrons. The molecule has 0 fully saturated rings. The lowest BCUT2D eigenvalue weighted by molar-refractivity contribution is 0.0598. The molecule has 0 bridgehead atoms. The zero-order chi connectivity index (χ0) is 17.6. The second-order valence-electron chi connectivity index (χ2n) is 5.78. The Morgan fingerprint density at radius 2 is 1.60 bits per heavy atom. The van der Waals surface area contributed by atoms with Crippen LogP contribution in [0.4, 0.5) is 0 Å². The number of rotatable bonds is 5. The largest absolute Gasteiger partial charge is 0.465 e. The molecule has 4 heteroatoms. The van der Waals surface area contributed by atoms with Crippen molar-refractivity contribution in [1.82, 2.24) is 4.57 Å². The molecule has 0 aliphatic rings. The molecular weight excluding hydrogens is 314 g/mol. The molecule has 0 unspecified atom stereocenters. The first kappa shape index (κ1) is 16.7. The minimum Gasteiger partial charge on any atom is -0.465 e. The van der Waals surface area contributed by atoms with Gasteiger partial charge in [-0.25, -0.2) is 4.79 Å². The average Bonchev–Trinajstić information content (AvgIpc) is 2.65. The van der Waals surface area contributed by atoms with E-state index in [2.05, 4.69) is 22.9 Å². The lowest BCUT2D eigenvalue weighted by atomic mass is 9.99.